The fourth-order valence-corrected chi connectivity index (χ4v) is 38.5. The first-order valence-corrected chi connectivity index (χ1v) is 20.3. The van der Waals surface area contributed by atoms with Gasteiger partial charge in [-0.05, 0) is 0 Å². The van der Waals surface area contributed by atoms with Crippen molar-refractivity contribution in [3.05, 3.63) is 0 Å². The van der Waals surface area contributed by atoms with Gasteiger partial charge in [0.15, 0.2) is 0 Å². The molecule has 0 atom stereocenters. The molecule has 0 rings (SSSR count). The van der Waals surface area contributed by atoms with Crippen LogP contribution in [-0.2, 0) is 0 Å². The van der Waals surface area contributed by atoms with E-state index in [0.717, 1.165) is 13.0 Å². The predicted octanol–water partition coefficient (Wildman–Crippen LogP) is 1.68. The SMILES string of the molecule is CNC(=S)[S][Bi]([S]C(=S)NC)[S]C(=S)NC. The standard InChI is InChI=1S/3C2H5NS2.Bi/c3*1-3-2(4)5;/h3*1H3,(H2,3,4,5);/q;;;+3/p-3. The van der Waals surface area contributed by atoms with Crippen LogP contribution in [0.25, 0.3) is 0 Å². The van der Waals surface area contributed by atoms with Crippen LogP contribution in [0.2, 0.25) is 0 Å². The quantitative estimate of drug-likeness (QED) is 0.376. The van der Waals surface area contributed by atoms with Crippen molar-refractivity contribution in [2.24, 2.45) is 0 Å². The molecule has 0 saturated heterocycles. The summed E-state index contributed by atoms with van der Waals surface area (Å²) in [6.07, 6.45) is 0. The van der Waals surface area contributed by atoms with E-state index in [2.05, 4.69) is 16.0 Å². The molecule has 10 heteroatoms. The Kier molecular flexibility index (Phi) is 11.6. The average Bonchev–Trinajstić information content (AvgIpc) is 2.28. The van der Waals surface area contributed by atoms with Gasteiger partial charge in [-0.2, -0.15) is 0 Å². The van der Waals surface area contributed by atoms with Crippen LogP contribution < -0.4 is 16.0 Å². The van der Waals surface area contributed by atoms with Gasteiger partial charge in [0.05, 0.1) is 0 Å². The molecule has 0 aromatic carbocycles. The number of rotatable bonds is 3. The number of hydrogen-bond acceptors (Lipinski definition) is 6. The summed E-state index contributed by atoms with van der Waals surface area (Å²) >= 11 is 13.5. The van der Waals surface area contributed by atoms with Gasteiger partial charge in [-0.1, -0.05) is 0 Å². The maximum atomic E-state index is 5.16. The van der Waals surface area contributed by atoms with Gasteiger partial charge in [-0.25, -0.2) is 0 Å². The van der Waals surface area contributed by atoms with Gasteiger partial charge < -0.3 is 0 Å². The van der Waals surface area contributed by atoms with Gasteiger partial charge >= 0.3 is 130 Å². The summed E-state index contributed by atoms with van der Waals surface area (Å²) in [7, 11) is 10.7. The summed E-state index contributed by atoms with van der Waals surface area (Å²) in [5.41, 5.74) is 0. The second-order valence-electron chi connectivity index (χ2n) is 2.11. The van der Waals surface area contributed by atoms with Gasteiger partial charge in [-0.15, -0.1) is 0 Å². The summed E-state index contributed by atoms with van der Waals surface area (Å²) in [6.45, 7) is 0. The molecule has 0 saturated carbocycles. The van der Waals surface area contributed by atoms with E-state index in [4.69, 9.17) is 36.7 Å². The maximum absolute atomic E-state index is 5.16. The van der Waals surface area contributed by atoms with Gasteiger partial charge in [0.25, 0.3) is 0 Å². The molecule has 92 valence electrons. The van der Waals surface area contributed by atoms with Gasteiger partial charge in [0.2, 0.25) is 0 Å². The van der Waals surface area contributed by atoms with E-state index in [0.29, 0.717) is 0 Å². The molecule has 0 aliphatic rings. The predicted molar refractivity (Wildman–Crippen MR) is 93.5 cm³/mol. The number of nitrogens with one attached hydrogen (secondary N) is 3. The summed E-state index contributed by atoms with van der Waals surface area (Å²) in [6, 6.07) is 0. The van der Waals surface area contributed by atoms with E-state index >= 15 is 0 Å². The minimum atomic E-state index is -1.99. The third-order valence-corrected chi connectivity index (χ3v) is 31.9. The molecular weight excluding hydrogens is 515 g/mol. The topological polar surface area (TPSA) is 36.1 Å². The monoisotopic (exact) mass is 527 g/mol. The zero-order valence-corrected chi connectivity index (χ0v) is 17.3. The average molecular weight is 528 g/mol. The van der Waals surface area contributed by atoms with E-state index in [-0.39, 0.29) is 0 Å². The molecule has 3 N–H and O–H groups in total. The molecule has 0 amide bonds. The van der Waals surface area contributed by atoms with Gasteiger partial charge in [-0.3, -0.25) is 0 Å². The van der Waals surface area contributed by atoms with Crippen LogP contribution in [0.4, 0.5) is 0 Å². The Balaban J connectivity index is 4.31. The van der Waals surface area contributed by atoms with Crippen LogP contribution in [0.3, 0.4) is 0 Å². The van der Waals surface area contributed by atoms with E-state index < -0.39 is 17.4 Å². The number of hydrogen-bond donors (Lipinski definition) is 3. The van der Waals surface area contributed by atoms with Crippen molar-refractivity contribution < 1.29 is 0 Å². The van der Waals surface area contributed by atoms with E-state index in [1.54, 1.807) is 25.6 Å². The first kappa shape index (κ1) is 17.6. The van der Waals surface area contributed by atoms with E-state index in [9.17, 15) is 0 Å². The summed E-state index contributed by atoms with van der Waals surface area (Å²) in [5.74, 6) is 0. The van der Waals surface area contributed by atoms with Crippen molar-refractivity contribution in [3.63, 3.8) is 0 Å². The first-order chi connectivity index (χ1) is 7.53. The number of thiocarbonyl (C=S) groups is 3. The molecule has 0 radical (unpaired) electrons. The Labute approximate surface area is 128 Å². The van der Waals surface area contributed by atoms with Crippen molar-refractivity contribution >= 4 is 92.5 Å². The van der Waals surface area contributed by atoms with Gasteiger partial charge in [0, 0.05) is 0 Å². The molecule has 0 aromatic rings. The van der Waals surface area contributed by atoms with Crippen molar-refractivity contribution in [3.8, 4) is 0 Å². The fraction of sp³-hybridized carbons (Fsp3) is 0.500. The van der Waals surface area contributed by atoms with Crippen molar-refractivity contribution in [2.75, 3.05) is 21.1 Å². The van der Waals surface area contributed by atoms with Crippen LogP contribution in [0, 0.1) is 0 Å². The van der Waals surface area contributed by atoms with E-state index in [1.807, 2.05) is 21.1 Å². The second-order valence-corrected chi connectivity index (χ2v) is 29.7. The summed E-state index contributed by atoms with van der Waals surface area (Å²) in [5, 5.41) is 8.91. The Morgan fingerprint density at radius 1 is 0.750 bits per heavy atom. The second kappa shape index (κ2) is 10.5. The minimum absolute atomic E-state index is 0.815. The Bertz CT molecular complexity index is 230. The van der Waals surface area contributed by atoms with Crippen LogP contribution in [-0.4, -0.2) is 51.5 Å². The zero-order valence-electron chi connectivity index (χ0n) is 8.90. The summed E-state index contributed by atoms with van der Waals surface area (Å²) < 4.78 is 2.45. The summed E-state index contributed by atoms with van der Waals surface area (Å²) in [4.78, 5) is 0. The third kappa shape index (κ3) is 8.66. The molecule has 3 nitrogen and oxygen atoms in total. The molecule has 0 bridgehead atoms. The van der Waals surface area contributed by atoms with Crippen LogP contribution in [0.15, 0.2) is 0 Å². The van der Waals surface area contributed by atoms with Crippen molar-refractivity contribution in [1.82, 2.24) is 16.0 Å². The van der Waals surface area contributed by atoms with Crippen molar-refractivity contribution in [2.45, 2.75) is 0 Å². The molecular formula is C6H12BiN3S6. The third-order valence-electron chi connectivity index (χ3n) is 1.08. The molecule has 0 aliphatic heterocycles. The Morgan fingerprint density at radius 2 is 1.00 bits per heavy atom. The van der Waals surface area contributed by atoms with Crippen molar-refractivity contribution in [1.29, 1.82) is 0 Å². The Hall–Kier alpha value is 1.60. The zero-order chi connectivity index (χ0) is 12.6. The molecule has 0 heterocycles. The molecule has 16 heavy (non-hydrogen) atoms. The van der Waals surface area contributed by atoms with E-state index in [1.165, 1.54) is 0 Å². The molecule has 0 spiro atoms. The van der Waals surface area contributed by atoms with Crippen LogP contribution in [0.5, 0.6) is 0 Å². The fourth-order valence-electron chi connectivity index (χ4n) is 0.396. The van der Waals surface area contributed by atoms with Crippen LogP contribution in [0.1, 0.15) is 0 Å². The van der Waals surface area contributed by atoms with Crippen LogP contribution >= 0.6 is 62.2 Å². The molecule has 0 aliphatic carbocycles. The Morgan fingerprint density at radius 3 is 1.19 bits per heavy atom. The van der Waals surface area contributed by atoms with Gasteiger partial charge in [0.1, 0.15) is 0 Å². The molecule has 0 fully saturated rings. The molecule has 0 aromatic heterocycles. The molecule has 0 unspecified atom stereocenters. The normalized spacial score (nSPS) is 9.75. The first-order valence-electron chi connectivity index (χ1n) is 4.02.